The Hall–Kier alpha value is -0.340. The highest BCUT2D eigenvalue weighted by Gasteiger charge is 2.70. The summed E-state index contributed by atoms with van der Waals surface area (Å²) in [5.74, 6) is 3.35. The molecule has 4 saturated carbocycles. The number of hydrogen-bond acceptors (Lipinski definition) is 2. The summed E-state index contributed by atoms with van der Waals surface area (Å²) in [5.41, 5.74) is 2.95. The maximum absolute atomic E-state index is 11.0. The first-order valence-electron chi connectivity index (χ1n) is 14.8. The second kappa shape index (κ2) is 7.83. The molecule has 4 fully saturated rings. The van der Waals surface area contributed by atoms with Gasteiger partial charge in [0.1, 0.15) is 0 Å². The fourth-order valence-electron chi connectivity index (χ4n) is 11.2. The molecule has 11 atom stereocenters. The molecular formula is C32H54O2. The molecule has 2 heteroatoms. The van der Waals surface area contributed by atoms with E-state index in [9.17, 15) is 5.11 Å². The summed E-state index contributed by atoms with van der Waals surface area (Å²) in [6, 6.07) is 0. The van der Waals surface area contributed by atoms with E-state index in [4.69, 9.17) is 4.74 Å². The molecule has 1 N–H and O–H groups in total. The summed E-state index contributed by atoms with van der Waals surface area (Å²) in [4.78, 5) is 0. The van der Waals surface area contributed by atoms with Crippen LogP contribution >= 0.6 is 0 Å². The molecule has 2 nitrogen and oxygen atoms in total. The quantitative estimate of drug-likeness (QED) is 0.414. The van der Waals surface area contributed by atoms with Crippen molar-refractivity contribution in [1.82, 2.24) is 0 Å². The lowest BCUT2D eigenvalue weighted by atomic mass is 9.33. The zero-order chi connectivity index (χ0) is 24.9. The van der Waals surface area contributed by atoms with Crippen LogP contribution in [0.2, 0.25) is 0 Å². The first kappa shape index (κ1) is 25.3. The van der Waals surface area contributed by atoms with Gasteiger partial charge in [-0.3, -0.25) is 0 Å². The third kappa shape index (κ3) is 3.06. The summed E-state index contributed by atoms with van der Waals surface area (Å²) >= 11 is 0. The highest BCUT2D eigenvalue weighted by Crippen LogP contribution is 2.75. The van der Waals surface area contributed by atoms with Gasteiger partial charge in [-0.25, -0.2) is 0 Å². The van der Waals surface area contributed by atoms with Crippen molar-refractivity contribution in [3.8, 4) is 0 Å². The largest absolute Gasteiger partial charge is 0.393 e. The van der Waals surface area contributed by atoms with E-state index in [1.54, 1.807) is 5.57 Å². The van der Waals surface area contributed by atoms with Gasteiger partial charge in [-0.1, -0.05) is 67.0 Å². The van der Waals surface area contributed by atoms with Crippen molar-refractivity contribution in [3.63, 3.8) is 0 Å². The van der Waals surface area contributed by atoms with Crippen molar-refractivity contribution in [2.24, 2.45) is 56.7 Å². The van der Waals surface area contributed by atoms with Crippen LogP contribution in [0.15, 0.2) is 11.6 Å². The van der Waals surface area contributed by atoms with Crippen LogP contribution in [0.25, 0.3) is 0 Å². The van der Waals surface area contributed by atoms with Gasteiger partial charge in [-0.05, 0) is 109 Å². The van der Waals surface area contributed by atoms with E-state index in [1.807, 2.05) is 0 Å². The molecule has 0 bridgehead atoms. The van der Waals surface area contributed by atoms with Gasteiger partial charge in [-0.15, -0.1) is 0 Å². The van der Waals surface area contributed by atoms with Crippen molar-refractivity contribution in [1.29, 1.82) is 0 Å². The van der Waals surface area contributed by atoms with Crippen LogP contribution < -0.4 is 0 Å². The molecule has 0 aromatic rings. The standard InChI is InChI=1S/C32H54O2/c1-10-34-23-19-22-26-21(3)20(2)11-14-29(26,6)17-18-31(22,8)32(9)16-12-24-28(4,5)25(33)13-15-30(24,7)27(23)32/h19-21,23-27,33H,10-18H2,1-9H3/t20-,21+,23-,24?,25+,26?,27?,29-,30+,31-,32-/m1/s1. The van der Waals surface area contributed by atoms with Gasteiger partial charge in [0.05, 0.1) is 12.2 Å². The van der Waals surface area contributed by atoms with E-state index < -0.39 is 0 Å². The van der Waals surface area contributed by atoms with Gasteiger partial charge in [0.2, 0.25) is 0 Å². The van der Waals surface area contributed by atoms with Crippen molar-refractivity contribution >= 4 is 0 Å². The van der Waals surface area contributed by atoms with E-state index in [0.717, 1.165) is 31.3 Å². The van der Waals surface area contributed by atoms with Gasteiger partial charge in [0.25, 0.3) is 0 Å². The predicted molar refractivity (Wildman–Crippen MR) is 141 cm³/mol. The predicted octanol–water partition coefficient (Wildman–Crippen LogP) is 8.04. The van der Waals surface area contributed by atoms with Crippen LogP contribution in [-0.2, 0) is 4.74 Å². The van der Waals surface area contributed by atoms with Gasteiger partial charge < -0.3 is 9.84 Å². The van der Waals surface area contributed by atoms with Crippen molar-refractivity contribution < 1.29 is 9.84 Å². The minimum Gasteiger partial charge on any atom is -0.393 e. The van der Waals surface area contributed by atoms with Crippen LogP contribution in [-0.4, -0.2) is 23.9 Å². The number of ether oxygens (including phenoxy) is 1. The minimum absolute atomic E-state index is 0.0194. The molecule has 0 aliphatic heterocycles. The molecular weight excluding hydrogens is 416 g/mol. The molecule has 0 saturated heterocycles. The van der Waals surface area contributed by atoms with Crippen molar-refractivity contribution in [2.75, 3.05) is 6.61 Å². The monoisotopic (exact) mass is 470 g/mol. The van der Waals surface area contributed by atoms with E-state index >= 15 is 0 Å². The summed E-state index contributed by atoms with van der Waals surface area (Å²) in [6.45, 7) is 23.3. The molecule has 5 aliphatic rings. The lowest BCUT2D eigenvalue weighted by Crippen LogP contribution is -2.67. The molecule has 5 rings (SSSR count). The van der Waals surface area contributed by atoms with Gasteiger partial charge >= 0.3 is 0 Å². The van der Waals surface area contributed by atoms with Crippen molar-refractivity contribution in [2.45, 2.75) is 126 Å². The Morgan fingerprint density at radius 3 is 2.29 bits per heavy atom. The number of aliphatic hydroxyl groups is 1. The molecule has 0 spiro atoms. The van der Waals surface area contributed by atoms with Gasteiger partial charge in [-0.2, -0.15) is 0 Å². The molecule has 0 radical (unpaired) electrons. The number of rotatable bonds is 2. The molecule has 0 heterocycles. The maximum atomic E-state index is 11.0. The van der Waals surface area contributed by atoms with E-state index in [-0.39, 0.29) is 33.9 Å². The van der Waals surface area contributed by atoms with E-state index in [2.05, 4.69) is 68.4 Å². The molecule has 3 unspecified atom stereocenters. The lowest BCUT2D eigenvalue weighted by molar-refractivity contribution is -0.231. The Morgan fingerprint density at radius 1 is 0.912 bits per heavy atom. The van der Waals surface area contributed by atoms with Crippen LogP contribution in [0.5, 0.6) is 0 Å². The summed E-state index contributed by atoms with van der Waals surface area (Å²) < 4.78 is 6.76. The van der Waals surface area contributed by atoms with Gasteiger partial charge in [0, 0.05) is 12.5 Å². The van der Waals surface area contributed by atoms with Crippen LogP contribution in [0.1, 0.15) is 114 Å². The zero-order valence-electron chi connectivity index (χ0n) is 23.8. The molecule has 0 amide bonds. The SMILES string of the molecule is CCO[C@@H]1C=C2C3[C@@H](C)[C@H](C)CC[C@]3(C)CC[C@@]2(C)[C@]2(C)CCC3C(C)(C)[C@@H](O)CC[C@]3(C)C12. The Balaban J connectivity index is 1.67. The molecule has 0 aromatic carbocycles. The Bertz CT molecular complexity index is 844. The molecule has 34 heavy (non-hydrogen) atoms. The highest BCUT2D eigenvalue weighted by atomic mass is 16.5. The second-order valence-electron chi connectivity index (χ2n) is 15.2. The minimum atomic E-state index is -0.175. The Kier molecular flexibility index (Phi) is 5.83. The first-order chi connectivity index (χ1) is 15.8. The fraction of sp³-hybridized carbons (Fsp3) is 0.938. The second-order valence-corrected chi connectivity index (χ2v) is 15.2. The number of aliphatic hydroxyl groups excluding tert-OH is 1. The van der Waals surface area contributed by atoms with E-state index in [1.165, 1.54) is 38.5 Å². The third-order valence-corrected chi connectivity index (χ3v) is 13.7. The first-order valence-corrected chi connectivity index (χ1v) is 14.8. The fourth-order valence-corrected chi connectivity index (χ4v) is 11.2. The molecule has 5 aliphatic carbocycles. The number of hydrogen-bond donors (Lipinski definition) is 1. The maximum Gasteiger partial charge on any atom is 0.0797 e. The topological polar surface area (TPSA) is 29.5 Å². The van der Waals surface area contributed by atoms with Crippen LogP contribution in [0, 0.1) is 56.7 Å². The average Bonchev–Trinajstić information content (AvgIpc) is 2.76. The number of allylic oxidation sites excluding steroid dienone is 1. The summed E-state index contributed by atoms with van der Waals surface area (Å²) in [7, 11) is 0. The average molecular weight is 471 g/mol. The number of fused-ring (bicyclic) bond motifs is 7. The third-order valence-electron chi connectivity index (χ3n) is 13.7. The van der Waals surface area contributed by atoms with Crippen LogP contribution in [0.3, 0.4) is 0 Å². The highest BCUT2D eigenvalue weighted by molar-refractivity contribution is 5.36. The normalized spacial score (nSPS) is 56.4. The van der Waals surface area contributed by atoms with Gasteiger partial charge in [0.15, 0.2) is 0 Å². The smallest absolute Gasteiger partial charge is 0.0797 e. The molecule has 0 aromatic heterocycles. The summed E-state index contributed by atoms with van der Waals surface area (Å²) in [6.07, 6.45) is 12.9. The van der Waals surface area contributed by atoms with Crippen LogP contribution in [0.4, 0.5) is 0 Å². The molecule has 194 valence electrons. The summed E-state index contributed by atoms with van der Waals surface area (Å²) in [5, 5.41) is 11.0. The zero-order valence-corrected chi connectivity index (χ0v) is 23.8. The lowest BCUT2D eigenvalue weighted by Gasteiger charge is -2.72. The van der Waals surface area contributed by atoms with Crippen molar-refractivity contribution in [3.05, 3.63) is 11.6 Å². The van der Waals surface area contributed by atoms with E-state index in [0.29, 0.717) is 23.2 Å². The Morgan fingerprint density at radius 2 is 1.62 bits per heavy atom. The Labute approximate surface area is 210 Å².